The maximum Gasteiger partial charge on any atom is 0.274 e. The lowest BCUT2D eigenvalue weighted by Gasteiger charge is -2.15. The lowest BCUT2D eigenvalue weighted by Crippen LogP contribution is -2.15. The van der Waals surface area contributed by atoms with E-state index in [1.165, 1.54) is 0 Å². The minimum atomic E-state index is -0.192. The molecule has 0 radical (unpaired) electrons. The van der Waals surface area contributed by atoms with Crippen LogP contribution in [0.4, 0.5) is 5.69 Å². The van der Waals surface area contributed by atoms with Crippen LogP contribution < -0.4 is 5.32 Å². The molecule has 1 amide bonds. The van der Waals surface area contributed by atoms with E-state index in [9.17, 15) is 4.79 Å². The van der Waals surface area contributed by atoms with Crippen molar-refractivity contribution in [1.82, 2.24) is 24.1 Å². The minimum Gasteiger partial charge on any atom is -0.320 e. The van der Waals surface area contributed by atoms with Gasteiger partial charge >= 0.3 is 0 Å². The predicted octanol–water partition coefficient (Wildman–Crippen LogP) is 3.49. The van der Waals surface area contributed by atoms with E-state index in [1.54, 1.807) is 10.6 Å². The number of aromatic nitrogens is 5. The summed E-state index contributed by atoms with van der Waals surface area (Å²) in [6.45, 7) is 2.92. The normalized spacial score (nSPS) is 13.5. The molecule has 0 spiro atoms. The number of hydrogen-bond acceptors (Lipinski definition) is 4. The van der Waals surface area contributed by atoms with E-state index in [4.69, 9.17) is 0 Å². The molecule has 0 atom stereocenters. The van der Waals surface area contributed by atoms with Crippen LogP contribution in [0.1, 0.15) is 34.7 Å². The number of imidazole rings is 1. The first kappa shape index (κ1) is 16.7. The Bertz CT molecular complexity index is 1190. The number of carbonyl (C=O) groups excluding carboxylic acids is 1. The van der Waals surface area contributed by atoms with Gasteiger partial charge in [-0.1, -0.05) is 18.2 Å². The van der Waals surface area contributed by atoms with Gasteiger partial charge in [0.25, 0.3) is 5.91 Å². The van der Waals surface area contributed by atoms with Crippen LogP contribution in [0.2, 0.25) is 0 Å². The molecule has 1 aromatic carbocycles. The summed E-state index contributed by atoms with van der Waals surface area (Å²) in [6, 6.07) is 11.7. The molecule has 7 heteroatoms. The number of nitrogens with one attached hydrogen (secondary N) is 1. The maximum atomic E-state index is 12.9. The highest BCUT2D eigenvalue weighted by Crippen LogP contribution is 2.27. The number of anilines is 1. The highest BCUT2D eigenvalue weighted by molar-refractivity contribution is 6.04. The zero-order valence-corrected chi connectivity index (χ0v) is 15.6. The standard InChI is InChI=1S/C21H20N6O/c1-14-8-9-15(20-25-24-19-7-3-5-11-27(19)20)12-16(14)23-21(28)17-13-22-18-6-2-4-10-26(17)18/h2,4,6,8-10,12-13H,3,5,7,11H2,1H3,(H,23,28). The van der Waals surface area contributed by atoms with Crippen molar-refractivity contribution in [3.8, 4) is 11.4 Å². The van der Waals surface area contributed by atoms with Crippen LogP contribution in [-0.4, -0.2) is 30.1 Å². The third kappa shape index (κ3) is 2.76. The maximum absolute atomic E-state index is 12.9. The molecule has 4 heterocycles. The molecule has 0 fully saturated rings. The van der Waals surface area contributed by atoms with E-state index in [0.29, 0.717) is 5.69 Å². The summed E-state index contributed by atoms with van der Waals surface area (Å²) in [5.74, 6) is 1.71. The zero-order chi connectivity index (χ0) is 19.1. The van der Waals surface area contributed by atoms with Gasteiger partial charge in [0.2, 0.25) is 0 Å². The van der Waals surface area contributed by atoms with Crippen molar-refractivity contribution in [2.75, 3.05) is 5.32 Å². The Hall–Kier alpha value is -3.48. The molecular formula is C21H20N6O. The molecule has 1 aliphatic heterocycles. The summed E-state index contributed by atoms with van der Waals surface area (Å²) in [4.78, 5) is 17.2. The first-order chi connectivity index (χ1) is 13.7. The van der Waals surface area contributed by atoms with Crippen molar-refractivity contribution >= 4 is 17.2 Å². The van der Waals surface area contributed by atoms with Crippen LogP contribution in [0.5, 0.6) is 0 Å². The number of hydrogen-bond donors (Lipinski definition) is 1. The molecule has 28 heavy (non-hydrogen) atoms. The fraction of sp³-hybridized carbons (Fsp3) is 0.238. The lowest BCUT2D eigenvalue weighted by molar-refractivity contribution is 0.102. The molecule has 3 aromatic heterocycles. The number of fused-ring (bicyclic) bond motifs is 2. The molecule has 4 aromatic rings. The molecule has 7 nitrogen and oxygen atoms in total. The van der Waals surface area contributed by atoms with Crippen molar-refractivity contribution in [3.05, 3.63) is 65.9 Å². The Morgan fingerprint density at radius 2 is 2.07 bits per heavy atom. The zero-order valence-electron chi connectivity index (χ0n) is 15.6. The van der Waals surface area contributed by atoms with Gasteiger partial charge in [-0.15, -0.1) is 10.2 Å². The quantitative estimate of drug-likeness (QED) is 0.597. The topological polar surface area (TPSA) is 77.1 Å². The van der Waals surface area contributed by atoms with Gasteiger partial charge in [0.1, 0.15) is 17.2 Å². The van der Waals surface area contributed by atoms with Gasteiger partial charge < -0.3 is 9.88 Å². The predicted molar refractivity (Wildman–Crippen MR) is 106 cm³/mol. The summed E-state index contributed by atoms with van der Waals surface area (Å²) in [6.07, 6.45) is 6.70. The minimum absolute atomic E-state index is 0.192. The van der Waals surface area contributed by atoms with Crippen LogP contribution in [0.15, 0.2) is 48.8 Å². The first-order valence-electron chi connectivity index (χ1n) is 9.47. The molecular weight excluding hydrogens is 352 g/mol. The van der Waals surface area contributed by atoms with Gasteiger partial charge in [-0.25, -0.2) is 4.98 Å². The second kappa shape index (κ2) is 6.60. The summed E-state index contributed by atoms with van der Waals surface area (Å²) in [5, 5.41) is 11.8. The van der Waals surface area contributed by atoms with Gasteiger partial charge in [-0.3, -0.25) is 9.20 Å². The number of amides is 1. The molecule has 0 saturated carbocycles. The van der Waals surface area contributed by atoms with Crippen molar-refractivity contribution in [1.29, 1.82) is 0 Å². The van der Waals surface area contributed by atoms with E-state index >= 15 is 0 Å². The van der Waals surface area contributed by atoms with E-state index in [1.807, 2.05) is 49.5 Å². The number of rotatable bonds is 3. The van der Waals surface area contributed by atoms with Gasteiger partial charge in [0.15, 0.2) is 5.82 Å². The van der Waals surface area contributed by atoms with Crippen LogP contribution in [0, 0.1) is 6.92 Å². The Morgan fingerprint density at radius 1 is 1.14 bits per heavy atom. The van der Waals surface area contributed by atoms with Gasteiger partial charge in [0.05, 0.1) is 6.20 Å². The van der Waals surface area contributed by atoms with Crippen LogP contribution in [0.3, 0.4) is 0 Å². The van der Waals surface area contributed by atoms with Crippen LogP contribution in [0.25, 0.3) is 17.0 Å². The Kier molecular flexibility index (Phi) is 3.93. The number of carbonyl (C=O) groups is 1. The van der Waals surface area contributed by atoms with E-state index in [0.717, 1.165) is 59.9 Å². The van der Waals surface area contributed by atoms with Gasteiger partial charge in [-0.05, 0) is 43.5 Å². The largest absolute Gasteiger partial charge is 0.320 e. The lowest BCUT2D eigenvalue weighted by atomic mass is 10.1. The highest BCUT2D eigenvalue weighted by Gasteiger charge is 2.18. The molecule has 140 valence electrons. The second-order valence-corrected chi connectivity index (χ2v) is 7.10. The third-order valence-corrected chi connectivity index (χ3v) is 5.25. The smallest absolute Gasteiger partial charge is 0.274 e. The van der Waals surface area contributed by atoms with Crippen LogP contribution in [-0.2, 0) is 13.0 Å². The molecule has 5 rings (SSSR count). The number of benzene rings is 1. The average Bonchev–Trinajstić information content (AvgIpc) is 3.34. The SMILES string of the molecule is Cc1ccc(-c2nnc3n2CCCC3)cc1NC(=O)c1cnc2ccccn12. The van der Waals surface area contributed by atoms with Crippen molar-refractivity contribution in [2.45, 2.75) is 32.7 Å². The van der Waals surface area contributed by atoms with Crippen molar-refractivity contribution in [2.24, 2.45) is 0 Å². The molecule has 0 bridgehead atoms. The summed E-state index contributed by atoms with van der Waals surface area (Å²) >= 11 is 0. The third-order valence-electron chi connectivity index (χ3n) is 5.25. The summed E-state index contributed by atoms with van der Waals surface area (Å²) in [5.41, 5.74) is 3.96. The fourth-order valence-corrected chi connectivity index (χ4v) is 3.70. The number of nitrogens with zero attached hydrogens (tertiary/aromatic N) is 5. The second-order valence-electron chi connectivity index (χ2n) is 7.10. The van der Waals surface area contributed by atoms with Crippen molar-refractivity contribution in [3.63, 3.8) is 0 Å². The van der Waals surface area contributed by atoms with Gasteiger partial charge in [0, 0.05) is 30.4 Å². The highest BCUT2D eigenvalue weighted by atomic mass is 16.1. The monoisotopic (exact) mass is 372 g/mol. The average molecular weight is 372 g/mol. The van der Waals surface area contributed by atoms with E-state index in [-0.39, 0.29) is 5.91 Å². The molecule has 0 unspecified atom stereocenters. The van der Waals surface area contributed by atoms with E-state index in [2.05, 4.69) is 25.1 Å². The molecule has 1 N–H and O–H groups in total. The van der Waals surface area contributed by atoms with Gasteiger partial charge in [-0.2, -0.15) is 0 Å². The Morgan fingerprint density at radius 3 is 3.00 bits per heavy atom. The molecule has 0 saturated heterocycles. The fourth-order valence-electron chi connectivity index (χ4n) is 3.70. The Labute approximate surface area is 162 Å². The number of aryl methyl sites for hydroxylation is 2. The Balaban J connectivity index is 1.48. The number of pyridine rings is 1. The van der Waals surface area contributed by atoms with E-state index < -0.39 is 0 Å². The molecule has 0 aliphatic carbocycles. The summed E-state index contributed by atoms with van der Waals surface area (Å²) < 4.78 is 3.97. The first-order valence-corrected chi connectivity index (χ1v) is 9.47. The van der Waals surface area contributed by atoms with Crippen molar-refractivity contribution < 1.29 is 4.79 Å². The molecule has 1 aliphatic rings. The van der Waals surface area contributed by atoms with Crippen LogP contribution >= 0.6 is 0 Å². The summed E-state index contributed by atoms with van der Waals surface area (Å²) in [7, 11) is 0.